The summed E-state index contributed by atoms with van der Waals surface area (Å²) in [5.74, 6) is 0. The van der Waals surface area contributed by atoms with Crippen LogP contribution in [0.2, 0.25) is 0 Å². The number of benzene rings is 2. The van der Waals surface area contributed by atoms with Crippen LogP contribution in [0.1, 0.15) is 136 Å². The van der Waals surface area contributed by atoms with Gasteiger partial charge in [0.1, 0.15) is 11.2 Å². The zero-order chi connectivity index (χ0) is 39.5. The van der Waals surface area contributed by atoms with Crippen molar-refractivity contribution in [3.63, 3.8) is 0 Å². The number of rotatable bonds is 27. The number of carbonyl (C=O) groups excluding carboxylic acids is 2. The second-order valence-electron chi connectivity index (χ2n) is 16.6. The van der Waals surface area contributed by atoms with Crippen LogP contribution in [-0.4, -0.2) is 83.9 Å². The van der Waals surface area contributed by atoms with Gasteiger partial charge in [0, 0.05) is 32.7 Å². The van der Waals surface area contributed by atoms with Gasteiger partial charge in [-0.3, -0.25) is 9.80 Å². The maximum absolute atomic E-state index is 12.6. The van der Waals surface area contributed by atoms with E-state index >= 15 is 0 Å². The molecule has 0 spiro atoms. The maximum atomic E-state index is 12.6. The highest BCUT2D eigenvalue weighted by Crippen LogP contribution is 2.15. The third kappa shape index (κ3) is 24.7. The fourth-order valence-corrected chi connectivity index (χ4v) is 6.36. The minimum Gasteiger partial charge on any atom is -0.444 e. The molecular formula is C45H73N5O4. The molecule has 0 radical (unpaired) electrons. The van der Waals surface area contributed by atoms with Gasteiger partial charge in [0.2, 0.25) is 0 Å². The summed E-state index contributed by atoms with van der Waals surface area (Å²) in [6, 6.07) is 23.7. The van der Waals surface area contributed by atoms with Crippen LogP contribution in [0.3, 0.4) is 0 Å². The number of hydrogen-bond acceptors (Lipinski definition) is 7. The van der Waals surface area contributed by atoms with Crippen molar-refractivity contribution in [2.75, 3.05) is 45.8 Å². The Morgan fingerprint density at radius 1 is 0.574 bits per heavy atom. The molecule has 2 rings (SSSR count). The zero-order valence-electron chi connectivity index (χ0n) is 34.8. The van der Waals surface area contributed by atoms with E-state index in [0.29, 0.717) is 26.1 Å². The Morgan fingerprint density at radius 3 is 1.39 bits per heavy atom. The van der Waals surface area contributed by atoms with Gasteiger partial charge in [0.05, 0.1) is 12.5 Å². The van der Waals surface area contributed by atoms with Crippen LogP contribution in [-0.2, 0) is 22.6 Å². The maximum Gasteiger partial charge on any atom is 0.410 e. The number of nitriles is 1. The van der Waals surface area contributed by atoms with E-state index in [1.807, 2.05) is 41.5 Å². The van der Waals surface area contributed by atoms with Crippen molar-refractivity contribution >= 4 is 12.2 Å². The molecule has 2 amide bonds. The van der Waals surface area contributed by atoms with E-state index in [1.165, 1.54) is 36.8 Å². The molecule has 0 aliphatic carbocycles. The Balaban J connectivity index is 1.73. The van der Waals surface area contributed by atoms with E-state index in [2.05, 4.69) is 81.8 Å². The smallest absolute Gasteiger partial charge is 0.410 e. The van der Waals surface area contributed by atoms with Crippen molar-refractivity contribution < 1.29 is 19.1 Å². The van der Waals surface area contributed by atoms with Crippen molar-refractivity contribution in [3.05, 3.63) is 71.8 Å². The number of carbonyl (C=O) groups is 2. The summed E-state index contributed by atoms with van der Waals surface area (Å²) in [5.41, 5.74) is 1.72. The fraction of sp³-hybridized carbons (Fsp3) is 0.667. The Labute approximate surface area is 328 Å². The Morgan fingerprint density at radius 2 is 0.981 bits per heavy atom. The van der Waals surface area contributed by atoms with Crippen LogP contribution in [0.25, 0.3) is 0 Å². The first-order chi connectivity index (χ1) is 25.8. The van der Waals surface area contributed by atoms with E-state index in [-0.39, 0.29) is 12.2 Å². The Kier molecular flexibility index (Phi) is 23.3. The summed E-state index contributed by atoms with van der Waals surface area (Å²) >= 11 is 0. The van der Waals surface area contributed by atoms with Crippen molar-refractivity contribution in [3.8, 4) is 6.07 Å². The minimum absolute atomic E-state index is 0.318. The van der Waals surface area contributed by atoms with Gasteiger partial charge in [-0.05, 0) is 117 Å². The number of alkyl carbamates (subject to hydrolysis) is 1. The molecule has 0 unspecified atom stereocenters. The molecule has 0 fully saturated rings. The molecule has 0 aromatic heterocycles. The SMILES string of the molecule is CC(C)(C)OC(=O)NCCCCCCN(CCCCCCN(CCCCCCN(CCC#N)C(=O)OC(C)(C)C)Cc1ccccc1)Cc1ccccc1. The van der Waals surface area contributed by atoms with Gasteiger partial charge in [-0.15, -0.1) is 0 Å². The van der Waals surface area contributed by atoms with Gasteiger partial charge in [0.25, 0.3) is 0 Å². The fourth-order valence-electron chi connectivity index (χ4n) is 6.36. The number of hydrogen-bond donors (Lipinski definition) is 1. The van der Waals surface area contributed by atoms with Gasteiger partial charge >= 0.3 is 12.2 Å². The normalized spacial score (nSPS) is 11.8. The molecule has 54 heavy (non-hydrogen) atoms. The van der Waals surface area contributed by atoms with E-state index in [9.17, 15) is 9.59 Å². The lowest BCUT2D eigenvalue weighted by Gasteiger charge is -2.27. The number of unbranched alkanes of at least 4 members (excludes halogenated alkanes) is 9. The molecule has 0 saturated carbocycles. The minimum atomic E-state index is -0.542. The largest absolute Gasteiger partial charge is 0.444 e. The van der Waals surface area contributed by atoms with Gasteiger partial charge in [-0.2, -0.15) is 5.26 Å². The molecule has 0 saturated heterocycles. The first kappa shape index (κ1) is 46.5. The molecule has 0 atom stereocenters. The van der Waals surface area contributed by atoms with Gasteiger partial charge < -0.3 is 19.7 Å². The molecule has 2 aromatic rings. The Hall–Kier alpha value is -3.61. The van der Waals surface area contributed by atoms with E-state index in [1.54, 1.807) is 4.90 Å². The van der Waals surface area contributed by atoms with Gasteiger partial charge in [-0.25, -0.2) is 9.59 Å². The lowest BCUT2D eigenvalue weighted by atomic mass is 10.1. The molecular weight excluding hydrogens is 675 g/mol. The molecule has 1 N–H and O–H groups in total. The summed E-state index contributed by atoms with van der Waals surface area (Å²) in [5, 5.41) is 11.9. The lowest BCUT2D eigenvalue weighted by Crippen LogP contribution is -2.38. The van der Waals surface area contributed by atoms with Crippen molar-refractivity contribution in [1.82, 2.24) is 20.0 Å². The monoisotopic (exact) mass is 748 g/mol. The first-order valence-corrected chi connectivity index (χ1v) is 20.7. The highest BCUT2D eigenvalue weighted by molar-refractivity contribution is 5.68. The van der Waals surface area contributed by atoms with Crippen LogP contribution in [0.4, 0.5) is 9.59 Å². The van der Waals surface area contributed by atoms with Gasteiger partial charge in [-0.1, -0.05) is 99.2 Å². The quantitative estimate of drug-likeness (QED) is 0.0909. The van der Waals surface area contributed by atoms with E-state index in [4.69, 9.17) is 14.7 Å². The van der Waals surface area contributed by atoms with Crippen molar-refractivity contribution in [2.45, 2.75) is 149 Å². The number of nitrogens with one attached hydrogen (secondary N) is 1. The third-order valence-corrected chi connectivity index (χ3v) is 9.06. The van der Waals surface area contributed by atoms with Crippen LogP contribution in [0, 0.1) is 11.3 Å². The summed E-state index contributed by atoms with van der Waals surface area (Å²) in [6.07, 6.45) is 13.2. The second-order valence-corrected chi connectivity index (χ2v) is 16.6. The van der Waals surface area contributed by atoms with Crippen molar-refractivity contribution in [1.29, 1.82) is 5.26 Å². The average Bonchev–Trinajstić information content (AvgIpc) is 3.11. The molecule has 9 nitrogen and oxygen atoms in total. The molecule has 2 aromatic carbocycles. The van der Waals surface area contributed by atoms with E-state index < -0.39 is 11.2 Å². The molecule has 0 aliphatic rings. The molecule has 302 valence electrons. The van der Waals surface area contributed by atoms with Crippen molar-refractivity contribution in [2.24, 2.45) is 0 Å². The predicted molar refractivity (Wildman–Crippen MR) is 221 cm³/mol. The van der Waals surface area contributed by atoms with Crippen LogP contribution < -0.4 is 5.32 Å². The third-order valence-electron chi connectivity index (χ3n) is 9.06. The average molecular weight is 748 g/mol. The predicted octanol–water partition coefficient (Wildman–Crippen LogP) is 10.3. The lowest BCUT2D eigenvalue weighted by molar-refractivity contribution is 0.0250. The second kappa shape index (κ2) is 27.0. The molecule has 0 heterocycles. The van der Waals surface area contributed by atoms with Crippen LogP contribution in [0.15, 0.2) is 60.7 Å². The van der Waals surface area contributed by atoms with Crippen LogP contribution >= 0.6 is 0 Å². The Bertz CT molecular complexity index is 1300. The zero-order valence-corrected chi connectivity index (χ0v) is 34.8. The number of ether oxygens (including phenoxy) is 2. The summed E-state index contributed by atoms with van der Waals surface area (Å²) in [6.45, 7) is 19.3. The topological polar surface area (TPSA) is 98.1 Å². The molecule has 0 bridgehead atoms. The highest BCUT2D eigenvalue weighted by Gasteiger charge is 2.21. The molecule has 9 heteroatoms. The standard InChI is InChI=1S/C45H73N5O4/c1-44(2,3)53-42(51)47-31-19-7-8-20-32-48(38-40-26-15-13-16-27-40)33-21-9-10-22-34-49(39-41-28-17-14-18-29-41)35-23-11-12-24-36-50(37-25-30-46)43(52)54-45(4,5)6/h13-18,26-29H,7-12,19-25,31-39H2,1-6H3,(H,47,51). The molecule has 0 aliphatic heterocycles. The first-order valence-electron chi connectivity index (χ1n) is 20.7. The number of amides is 2. The summed E-state index contributed by atoms with van der Waals surface area (Å²) < 4.78 is 10.9. The highest BCUT2D eigenvalue weighted by atomic mass is 16.6. The van der Waals surface area contributed by atoms with E-state index in [0.717, 1.165) is 90.6 Å². The summed E-state index contributed by atoms with van der Waals surface area (Å²) in [7, 11) is 0. The number of nitrogens with zero attached hydrogens (tertiary/aromatic N) is 4. The van der Waals surface area contributed by atoms with Gasteiger partial charge in [0.15, 0.2) is 0 Å². The van der Waals surface area contributed by atoms with Crippen LogP contribution in [0.5, 0.6) is 0 Å². The summed E-state index contributed by atoms with van der Waals surface area (Å²) in [4.78, 5) is 31.4.